The molecule has 1 aromatic carbocycles. The van der Waals surface area contributed by atoms with Crippen LogP contribution >= 0.6 is 11.6 Å². The van der Waals surface area contributed by atoms with E-state index in [4.69, 9.17) is 14.3 Å². The number of hydrogen-bond acceptors (Lipinski definition) is 2. The Morgan fingerprint density at radius 3 is 3.36 bits per heavy atom. The Labute approximate surface area is 69.4 Å². The fourth-order valence-electron chi connectivity index (χ4n) is 0.809. The van der Waals surface area contributed by atoms with Crippen molar-refractivity contribution in [3.8, 4) is 0 Å². The topological polar surface area (TPSA) is 46.0 Å². The largest absolute Gasteiger partial charge is 0.417 e. The van der Waals surface area contributed by atoms with Gasteiger partial charge in [0.2, 0.25) is 0 Å². The van der Waals surface area contributed by atoms with Gasteiger partial charge in [0.25, 0.3) is 0 Å². The SMILES string of the molecule is [2H]c1cc2o[13c](=O)[15nH]c2c([2H])c1Cl. The fraction of sp³-hybridized carbons (Fsp3) is 0. The third kappa shape index (κ3) is 1.03. The van der Waals surface area contributed by atoms with Gasteiger partial charge in [-0.05, 0) is 18.2 Å². The second kappa shape index (κ2) is 2.13. The van der Waals surface area contributed by atoms with Crippen molar-refractivity contribution >= 4 is 22.7 Å². The molecule has 1 N–H and O–H groups in total. The summed E-state index contributed by atoms with van der Waals surface area (Å²) in [5, 5.41) is 0.00421. The summed E-state index contributed by atoms with van der Waals surface area (Å²) < 4.78 is 19.5. The predicted octanol–water partition coefficient (Wildman–Crippen LogP) is 1.77. The third-order valence-electron chi connectivity index (χ3n) is 1.24. The van der Waals surface area contributed by atoms with Crippen LogP contribution in [0, 0.1) is 0 Å². The lowest BCUT2D eigenvalue weighted by atomic mass is 10.3. The first-order valence-corrected chi connectivity index (χ1v) is 3.26. The Bertz CT molecular complexity index is 531. The quantitative estimate of drug-likeness (QED) is 0.660. The minimum absolute atomic E-state index is 0.00421. The highest BCUT2D eigenvalue weighted by atomic mass is 35.5. The van der Waals surface area contributed by atoms with Gasteiger partial charge in [-0.2, -0.15) is 0 Å². The molecule has 2 aromatic rings. The van der Waals surface area contributed by atoms with E-state index in [-0.39, 0.29) is 28.2 Å². The van der Waals surface area contributed by atoms with Crippen molar-refractivity contribution in [3.63, 3.8) is 0 Å². The zero-order valence-electron chi connectivity index (χ0n) is 7.27. The summed E-state index contributed by atoms with van der Waals surface area (Å²) in [5.41, 5.74) is 0.412. The molecule has 2 rings (SSSR count). The first-order valence-electron chi connectivity index (χ1n) is 3.88. The molecular weight excluding hydrogens is 168 g/mol. The van der Waals surface area contributed by atoms with Gasteiger partial charge in [0.05, 0.1) is 8.26 Å². The molecule has 4 heteroatoms. The van der Waals surface area contributed by atoms with Gasteiger partial charge in [-0.15, -0.1) is 0 Å². The maximum absolute atomic E-state index is 10.8. The van der Waals surface area contributed by atoms with Crippen LogP contribution in [0.5, 0.6) is 0 Å². The number of fused-ring (bicyclic) bond motifs is 1. The van der Waals surface area contributed by atoms with Gasteiger partial charge < -0.3 is 4.42 Å². The summed E-state index contributed by atoms with van der Waals surface area (Å²) in [5.74, 6) is -0.648. The minimum Gasteiger partial charge on any atom is -0.408 e. The summed E-state index contributed by atoms with van der Waals surface area (Å²) in [7, 11) is 0. The van der Waals surface area contributed by atoms with Crippen LogP contribution < -0.4 is 5.76 Å². The highest BCUT2D eigenvalue weighted by Gasteiger charge is 1.99. The van der Waals surface area contributed by atoms with Crippen molar-refractivity contribution in [2.75, 3.05) is 0 Å². The number of benzene rings is 1. The molecule has 3 nitrogen and oxygen atoms in total. The molecule has 0 atom stereocenters. The second-order valence-corrected chi connectivity index (χ2v) is 2.36. The lowest BCUT2D eigenvalue weighted by Gasteiger charge is -1.86. The normalized spacial score (nSPS) is 13.2. The Kier molecular flexibility index (Phi) is 0.896. The van der Waals surface area contributed by atoms with Crippen LogP contribution in [-0.2, 0) is 0 Å². The van der Waals surface area contributed by atoms with Crippen molar-refractivity contribution in [1.82, 2.24) is 4.98 Å². The van der Waals surface area contributed by atoms with Crippen LogP contribution in [0.15, 0.2) is 27.4 Å². The Balaban J connectivity index is 3.00. The predicted molar refractivity (Wildman–Crippen MR) is 41.8 cm³/mol. The monoisotopic (exact) mass is 173 g/mol. The highest BCUT2D eigenvalue weighted by molar-refractivity contribution is 6.31. The molecule has 1 aromatic heterocycles. The minimum atomic E-state index is -0.648. The maximum atomic E-state index is 10.8. The van der Waals surface area contributed by atoms with E-state index in [0.29, 0.717) is 0 Å². The van der Waals surface area contributed by atoms with Crippen LogP contribution in [0.4, 0.5) is 0 Å². The van der Waals surface area contributed by atoms with Crippen molar-refractivity contribution in [2.24, 2.45) is 0 Å². The average molecular weight is 174 g/mol. The van der Waals surface area contributed by atoms with E-state index in [1.54, 1.807) is 0 Å². The smallest absolute Gasteiger partial charge is 0.408 e. The molecule has 11 heavy (non-hydrogen) atoms. The lowest BCUT2D eigenvalue weighted by Crippen LogP contribution is -1.92. The maximum Gasteiger partial charge on any atom is 0.417 e. The van der Waals surface area contributed by atoms with E-state index in [1.165, 1.54) is 6.07 Å². The molecular formula is C7H4ClNO2. The Hall–Kier alpha value is -1.22. The molecule has 0 aliphatic rings. The number of halogens is 1. The van der Waals surface area contributed by atoms with E-state index in [2.05, 4.69) is 9.40 Å². The van der Waals surface area contributed by atoms with Crippen molar-refractivity contribution < 1.29 is 7.16 Å². The van der Waals surface area contributed by atoms with Crippen molar-refractivity contribution in [3.05, 3.63) is 33.7 Å². The van der Waals surface area contributed by atoms with Gasteiger partial charge in [-0.25, -0.2) is 4.79 Å². The van der Waals surface area contributed by atoms with Gasteiger partial charge >= 0.3 is 5.76 Å². The Morgan fingerprint density at radius 1 is 1.73 bits per heavy atom. The van der Waals surface area contributed by atoms with Crippen LogP contribution in [0.25, 0.3) is 11.1 Å². The molecule has 0 spiro atoms. The first kappa shape index (κ1) is 4.62. The molecule has 0 saturated heterocycles. The third-order valence-corrected chi connectivity index (χ3v) is 1.44. The van der Waals surface area contributed by atoms with Crippen LogP contribution in [-0.4, -0.2) is 4.98 Å². The first-order chi connectivity index (χ1) is 6.09. The molecule has 1 heterocycles. The standard InChI is InChI=1S/C7H4ClNO2/c8-4-1-2-6-5(3-4)9-7(10)11-6/h1-3H,(H,9,10)/i1D,3D,7+1,9+1. The summed E-state index contributed by atoms with van der Waals surface area (Å²) in [6.07, 6.45) is 0. The van der Waals surface area contributed by atoms with E-state index in [9.17, 15) is 4.79 Å². The molecule has 0 saturated carbocycles. The second-order valence-electron chi connectivity index (χ2n) is 1.98. The number of nitrogens with one attached hydrogen (secondary N) is 1. The zero-order valence-corrected chi connectivity index (χ0v) is 6.03. The zero-order chi connectivity index (χ0) is 9.59. The summed E-state index contributed by atoms with van der Waals surface area (Å²) in [6.45, 7) is 0. The van der Waals surface area contributed by atoms with Gasteiger partial charge in [0.1, 0.15) is 0 Å². The molecule has 0 fully saturated rings. The summed E-state index contributed by atoms with van der Waals surface area (Å²) in [6, 6.07) is 1.19. The number of H-pyrrole nitrogens is 1. The number of aromatic amines is 1. The Morgan fingerprint density at radius 2 is 2.55 bits per heavy atom. The summed E-state index contributed by atoms with van der Waals surface area (Å²) in [4.78, 5) is 13.1. The molecule has 0 bridgehead atoms. The average Bonchev–Trinajstić information content (AvgIpc) is 2.42. The number of hydrogen-bond donors (Lipinski definition) is 1. The number of rotatable bonds is 0. The van der Waals surface area contributed by atoms with Gasteiger partial charge in [-0.3, -0.25) is 4.98 Å². The molecule has 0 aliphatic carbocycles. The van der Waals surface area contributed by atoms with E-state index < -0.39 is 5.76 Å². The van der Waals surface area contributed by atoms with Gasteiger partial charge in [0.15, 0.2) is 5.58 Å². The van der Waals surface area contributed by atoms with Crippen molar-refractivity contribution in [2.45, 2.75) is 0 Å². The summed E-state index contributed by atoms with van der Waals surface area (Å²) >= 11 is 5.63. The highest BCUT2D eigenvalue weighted by Crippen LogP contribution is 2.15. The molecule has 0 unspecified atom stereocenters. The van der Waals surface area contributed by atoms with Crippen molar-refractivity contribution in [1.29, 1.82) is 0 Å². The van der Waals surface area contributed by atoms with Crippen LogP contribution in [0.1, 0.15) is 2.74 Å². The van der Waals surface area contributed by atoms with Gasteiger partial charge in [-0.1, -0.05) is 11.6 Å². The number of oxazole rings is 1. The number of aromatic nitrogens is 1. The fourth-order valence-corrected chi connectivity index (χ4v) is 0.958. The molecule has 0 radical (unpaired) electrons. The van der Waals surface area contributed by atoms with E-state index >= 15 is 0 Å². The van der Waals surface area contributed by atoms with Crippen LogP contribution in [0.2, 0.25) is 5.02 Å². The van der Waals surface area contributed by atoms with E-state index in [1.807, 2.05) is 0 Å². The van der Waals surface area contributed by atoms with Gasteiger partial charge in [0, 0.05) is 5.02 Å². The molecule has 56 valence electrons. The molecule has 0 aliphatic heterocycles. The lowest BCUT2D eigenvalue weighted by molar-refractivity contribution is 0.555. The van der Waals surface area contributed by atoms with Crippen LogP contribution in [0.3, 0.4) is 0 Å². The van der Waals surface area contributed by atoms with E-state index in [0.717, 1.165) is 0 Å². The molecule has 0 amide bonds.